The zero-order valence-electron chi connectivity index (χ0n) is 15.4. The van der Waals surface area contributed by atoms with Gasteiger partial charge in [-0.1, -0.05) is 60.5 Å². The van der Waals surface area contributed by atoms with E-state index in [9.17, 15) is 8.42 Å². The van der Waals surface area contributed by atoms with Crippen molar-refractivity contribution < 1.29 is 8.42 Å². The van der Waals surface area contributed by atoms with Gasteiger partial charge in [0.1, 0.15) is 0 Å². The lowest BCUT2D eigenvalue weighted by molar-refractivity contribution is 0.221. The molecule has 1 aliphatic heterocycles. The maximum absolute atomic E-state index is 12.3. The van der Waals surface area contributed by atoms with Crippen molar-refractivity contribution in [1.29, 1.82) is 0 Å². The Labute approximate surface area is 157 Å². The molecule has 3 rings (SSSR count). The molecule has 140 valence electrons. The second-order valence-electron chi connectivity index (χ2n) is 7.22. The van der Waals surface area contributed by atoms with Gasteiger partial charge < -0.3 is 0 Å². The second-order valence-corrected chi connectivity index (χ2v) is 9.03. The lowest BCUT2D eigenvalue weighted by atomic mass is 10.1. The van der Waals surface area contributed by atoms with Crippen LogP contribution < -0.4 is 4.72 Å². The fourth-order valence-electron chi connectivity index (χ4n) is 3.29. The van der Waals surface area contributed by atoms with Crippen LogP contribution in [0.15, 0.2) is 48.5 Å². The maximum Gasteiger partial charge on any atom is 0.216 e. The van der Waals surface area contributed by atoms with Gasteiger partial charge in [0.2, 0.25) is 10.0 Å². The molecule has 0 bridgehead atoms. The summed E-state index contributed by atoms with van der Waals surface area (Å²) in [5.74, 6) is 0.0142. The molecule has 26 heavy (non-hydrogen) atoms. The third-order valence-electron chi connectivity index (χ3n) is 4.85. The summed E-state index contributed by atoms with van der Waals surface area (Å²) in [4.78, 5) is 2.49. The van der Waals surface area contributed by atoms with Crippen molar-refractivity contribution in [2.45, 2.75) is 45.0 Å². The van der Waals surface area contributed by atoms with Gasteiger partial charge in [0.05, 0.1) is 5.75 Å². The normalized spacial score (nSPS) is 15.9. The van der Waals surface area contributed by atoms with Crippen molar-refractivity contribution in [3.63, 3.8) is 0 Å². The first-order valence-corrected chi connectivity index (χ1v) is 11.0. The molecule has 1 N–H and O–H groups in total. The number of benzene rings is 2. The summed E-state index contributed by atoms with van der Waals surface area (Å²) in [6.45, 7) is 5.67. The van der Waals surface area contributed by atoms with Gasteiger partial charge in [-0.05, 0) is 49.5 Å². The van der Waals surface area contributed by atoms with Crippen molar-refractivity contribution in [3.05, 3.63) is 70.8 Å². The van der Waals surface area contributed by atoms with E-state index in [1.54, 1.807) is 0 Å². The second kappa shape index (κ2) is 8.80. The first-order chi connectivity index (χ1) is 12.5. The van der Waals surface area contributed by atoms with Crippen LogP contribution in [-0.4, -0.2) is 26.4 Å². The maximum atomic E-state index is 12.3. The Morgan fingerprint density at radius 1 is 0.846 bits per heavy atom. The number of hydrogen-bond donors (Lipinski definition) is 1. The highest BCUT2D eigenvalue weighted by molar-refractivity contribution is 7.88. The number of likely N-dealkylation sites (tertiary alicyclic amines) is 1. The summed E-state index contributed by atoms with van der Waals surface area (Å²) in [5.41, 5.74) is 4.21. The van der Waals surface area contributed by atoms with E-state index >= 15 is 0 Å². The minimum Gasteiger partial charge on any atom is -0.299 e. The molecule has 4 nitrogen and oxygen atoms in total. The molecule has 0 aliphatic carbocycles. The van der Waals surface area contributed by atoms with Crippen molar-refractivity contribution >= 4 is 10.0 Å². The van der Waals surface area contributed by atoms with Crippen LogP contribution in [0.5, 0.6) is 0 Å². The molecule has 5 heteroatoms. The molecule has 0 unspecified atom stereocenters. The Bertz CT molecular complexity index is 793. The molecule has 0 spiro atoms. The molecular weight excluding hydrogens is 344 g/mol. The van der Waals surface area contributed by atoms with Gasteiger partial charge in [-0.15, -0.1) is 0 Å². The summed E-state index contributed by atoms with van der Waals surface area (Å²) in [5, 5.41) is 0. The van der Waals surface area contributed by atoms with E-state index in [0.717, 1.165) is 23.2 Å². The molecule has 0 radical (unpaired) electrons. The Kier molecular flexibility index (Phi) is 6.46. The van der Waals surface area contributed by atoms with E-state index < -0.39 is 10.0 Å². The SMILES string of the molecule is Cc1ccc(CS(=O)(=O)NCc2ccc(CN3CCCCC3)cc2)cc1. The van der Waals surface area contributed by atoms with Gasteiger partial charge in [0.15, 0.2) is 0 Å². The average Bonchev–Trinajstić information content (AvgIpc) is 2.64. The van der Waals surface area contributed by atoms with E-state index in [0.29, 0.717) is 6.54 Å². The summed E-state index contributed by atoms with van der Waals surface area (Å²) >= 11 is 0. The summed E-state index contributed by atoms with van der Waals surface area (Å²) in [6.07, 6.45) is 3.93. The van der Waals surface area contributed by atoms with Gasteiger partial charge in [-0.25, -0.2) is 13.1 Å². The van der Waals surface area contributed by atoms with Gasteiger partial charge in [0, 0.05) is 13.1 Å². The van der Waals surface area contributed by atoms with Crippen LogP contribution in [0, 0.1) is 6.92 Å². The Morgan fingerprint density at radius 3 is 2.08 bits per heavy atom. The minimum absolute atomic E-state index is 0.0142. The highest BCUT2D eigenvalue weighted by Crippen LogP contribution is 2.14. The summed E-state index contributed by atoms with van der Waals surface area (Å²) in [7, 11) is -3.34. The van der Waals surface area contributed by atoms with Crippen LogP contribution in [0.1, 0.15) is 41.5 Å². The standard InChI is InChI=1S/C21H28N2O2S/c1-18-5-7-21(8-6-18)17-26(24,25)22-15-19-9-11-20(12-10-19)16-23-13-3-2-4-14-23/h5-12,22H,2-4,13-17H2,1H3. The van der Waals surface area contributed by atoms with E-state index in [1.807, 2.05) is 43.3 Å². The molecule has 0 saturated carbocycles. The molecular formula is C21H28N2O2S. The lowest BCUT2D eigenvalue weighted by Gasteiger charge is -2.26. The minimum atomic E-state index is -3.34. The van der Waals surface area contributed by atoms with Crippen LogP contribution in [0.3, 0.4) is 0 Å². The first kappa shape index (κ1) is 19.1. The molecule has 1 heterocycles. The van der Waals surface area contributed by atoms with E-state index in [-0.39, 0.29) is 5.75 Å². The monoisotopic (exact) mass is 372 g/mol. The van der Waals surface area contributed by atoms with E-state index in [2.05, 4.69) is 21.8 Å². The van der Waals surface area contributed by atoms with Crippen molar-refractivity contribution in [2.75, 3.05) is 13.1 Å². The fraction of sp³-hybridized carbons (Fsp3) is 0.429. The number of aryl methyl sites for hydroxylation is 1. The highest BCUT2D eigenvalue weighted by atomic mass is 32.2. The number of nitrogens with one attached hydrogen (secondary N) is 1. The molecule has 0 atom stereocenters. The van der Waals surface area contributed by atoms with Gasteiger partial charge in [0.25, 0.3) is 0 Å². The van der Waals surface area contributed by atoms with Crippen molar-refractivity contribution in [3.8, 4) is 0 Å². The van der Waals surface area contributed by atoms with Crippen LogP contribution in [0.2, 0.25) is 0 Å². The third kappa shape index (κ3) is 5.94. The molecule has 1 saturated heterocycles. The van der Waals surface area contributed by atoms with E-state index in [1.165, 1.54) is 37.9 Å². The topological polar surface area (TPSA) is 49.4 Å². The van der Waals surface area contributed by atoms with Crippen LogP contribution in [-0.2, 0) is 28.9 Å². The molecule has 1 aliphatic rings. The van der Waals surface area contributed by atoms with Gasteiger partial charge >= 0.3 is 0 Å². The average molecular weight is 373 g/mol. The number of hydrogen-bond acceptors (Lipinski definition) is 3. The number of piperidine rings is 1. The number of sulfonamides is 1. The van der Waals surface area contributed by atoms with Crippen LogP contribution in [0.25, 0.3) is 0 Å². The predicted octanol–water partition coefficient (Wildman–Crippen LogP) is 3.60. The van der Waals surface area contributed by atoms with Gasteiger partial charge in [-0.2, -0.15) is 0 Å². The largest absolute Gasteiger partial charge is 0.299 e. The molecule has 0 amide bonds. The zero-order valence-corrected chi connectivity index (χ0v) is 16.3. The lowest BCUT2D eigenvalue weighted by Crippen LogP contribution is -2.29. The summed E-state index contributed by atoms with van der Waals surface area (Å²) in [6, 6.07) is 15.9. The smallest absolute Gasteiger partial charge is 0.216 e. The van der Waals surface area contributed by atoms with Crippen LogP contribution >= 0.6 is 0 Å². The van der Waals surface area contributed by atoms with Crippen molar-refractivity contribution in [1.82, 2.24) is 9.62 Å². The molecule has 1 fully saturated rings. The molecule has 2 aromatic rings. The third-order valence-corrected chi connectivity index (χ3v) is 6.15. The first-order valence-electron chi connectivity index (χ1n) is 9.33. The number of rotatable bonds is 7. The highest BCUT2D eigenvalue weighted by Gasteiger charge is 2.12. The quantitative estimate of drug-likeness (QED) is 0.808. The zero-order chi connectivity index (χ0) is 18.4. The fourth-order valence-corrected chi connectivity index (χ4v) is 4.41. The molecule has 2 aromatic carbocycles. The predicted molar refractivity (Wildman–Crippen MR) is 106 cm³/mol. The Balaban J connectivity index is 1.51. The molecule has 0 aromatic heterocycles. The summed E-state index contributed by atoms with van der Waals surface area (Å²) < 4.78 is 27.2. The van der Waals surface area contributed by atoms with Crippen LogP contribution in [0.4, 0.5) is 0 Å². The van der Waals surface area contributed by atoms with Crippen molar-refractivity contribution in [2.24, 2.45) is 0 Å². The van der Waals surface area contributed by atoms with E-state index in [4.69, 9.17) is 0 Å². The Morgan fingerprint density at radius 2 is 1.42 bits per heavy atom. The number of nitrogens with zero attached hydrogens (tertiary/aromatic N) is 1. The Hall–Kier alpha value is -1.69. The van der Waals surface area contributed by atoms with Gasteiger partial charge in [-0.3, -0.25) is 4.90 Å².